The Morgan fingerprint density at radius 2 is 1.26 bits per heavy atom. The van der Waals surface area contributed by atoms with E-state index in [2.05, 4.69) is 138 Å². The van der Waals surface area contributed by atoms with E-state index in [4.69, 9.17) is 4.74 Å². The maximum Gasteiger partial charge on any atom is 0.144 e. The number of ether oxygens (including phenoxy) is 1. The molecule has 0 aromatic heterocycles. The van der Waals surface area contributed by atoms with Crippen LogP contribution in [0.5, 0.6) is 0 Å². The fraction of sp³-hybridized carbons (Fsp3) is 0.310. The Hall–Kier alpha value is -1.91. The SMILES string of the molecule is CCCCC(C)C(C/C=C/I)OC(c1ccccc1)(c1ccccc1)c1ccccc1. The fourth-order valence-corrected chi connectivity index (χ4v) is 4.54. The zero-order valence-corrected chi connectivity index (χ0v) is 20.7. The maximum absolute atomic E-state index is 7.30. The van der Waals surface area contributed by atoms with Gasteiger partial charge >= 0.3 is 0 Å². The molecule has 0 saturated heterocycles. The third-order valence-electron chi connectivity index (χ3n) is 5.97. The summed E-state index contributed by atoms with van der Waals surface area (Å²) in [6, 6.07) is 32.1. The van der Waals surface area contributed by atoms with Crippen LogP contribution in [0.2, 0.25) is 0 Å². The predicted octanol–water partition coefficient (Wildman–Crippen LogP) is 8.53. The van der Waals surface area contributed by atoms with Gasteiger partial charge in [-0.05, 0) is 39.5 Å². The van der Waals surface area contributed by atoms with E-state index >= 15 is 0 Å². The van der Waals surface area contributed by atoms with Crippen LogP contribution in [0, 0.1) is 5.92 Å². The van der Waals surface area contributed by atoms with Gasteiger partial charge in [-0.15, -0.1) is 0 Å². The Morgan fingerprint density at radius 3 is 1.65 bits per heavy atom. The van der Waals surface area contributed by atoms with Gasteiger partial charge in [0.15, 0.2) is 0 Å². The van der Waals surface area contributed by atoms with Crippen molar-refractivity contribution in [2.24, 2.45) is 5.92 Å². The van der Waals surface area contributed by atoms with Gasteiger partial charge < -0.3 is 4.74 Å². The first-order chi connectivity index (χ1) is 15.2. The van der Waals surface area contributed by atoms with Crippen LogP contribution in [0.1, 0.15) is 56.2 Å². The molecule has 0 saturated carbocycles. The van der Waals surface area contributed by atoms with E-state index in [-0.39, 0.29) is 6.10 Å². The molecule has 0 amide bonds. The molecule has 162 valence electrons. The Bertz CT molecular complexity index is 809. The van der Waals surface area contributed by atoms with E-state index in [9.17, 15) is 0 Å². The minimum absolute atomic E-state index is 0.109. The minimum Gasteiger partial charge on any atom is -0.357 e. The van der Waals surface area contributed by atoms with Crippen molar-refractivity contribution in [3.63, 3.8) is 0 Å². The maximum atomic E-state index is 7.30. The lowest BCUT2D eigenvalue weighted by atomic mass is 9.79. The fourth-order valence-electron chi connectivity index (χ4n) is 4.24. The molecule has 0 aliphatic carbocycles. The number of rotatable bonds is 11. The first kappa shape index (κ1) is 23.7. The van der Waals surface area contributed by atoms with Gasteiger partial charge in [-0.1, -0.05) is 146 Å². The van der Waals surface area contributed by atoms with E-state index in [1.807, 2.05) is 0 Å². The van der Waals surface area contributed by atoms with Gasteiger partial charge in [0.2, 0.25) is 0 Å². The molecule has 0 radical (unpaired) electrons. The molecule has 0 aliphatic rings. The smallest absolute Gasteiger partial charge is 0.144 e. The van der Waals surface area contributed by atoms with Gasteiger partial charge in [0, 0.05) is 0 Å². The highest BCUT2D eigenvalue weighted by Crippen LogP contribution is 2.43. The number of benzene rings is 3. The summed E-state index contributed by atoms with van der Waals surface area (Å²) in [6.45, 7) is 4.60. The summed E-state index contributed by atoms with van der Waals surface area (Å²) in [5.41, 5.74) is 2.84. The number of hydrogen-bond acceptors (Lipinski definition) is 1. The van der Waals surface area contributed by atoms with Crippen LogP contribution >= 0.6 is 22.6 Å². The van der Waals surface area contributed by atoms with Crippen LogP contribution in [0.4, 0.5) is 0 Å². The van der Waals surface area contributed by atoms with Gasteiger partial charge in [-0.25, -0.2) is 0 Å². The molecule has 0 heterocycles. The van der Waals surface area contributed by atoms with Crippen molar-refractivity contribution in [1.29, 1.82) is 0 Å². The summed E-state index contributed by atoms with van der Waals surface area (Å²) in [5, 5.41) is 0. The molecule has 0 bridgehead atoms. The predicted molar refractivity (Wildman–Crippen MR) is 141 cm³/mol. The molecule has 2 atom stereocenters. The van der Waals surface area contributed by atoms with Crippen molar-refractivity contribution in [1.82, 2.24) is 0 Å². The van der Waals surface area contributed by atoms with E-state index in [0.29, 0.717) is 5.92 Å². The molecular formula is C29H33IO. The topological polar surface area (TPSA) is 9.23 Å². The Morgan fingerprint density at radius 1 is 0.806 bits per heavy atom. The molecule has 0 spiro atoms. The standard InChI is InChI=1S/C29H33IO/c1-3-4-15-24(2)28(22-14-23-30)31-29(25-16-8-5-9-17-25,26-18-10-6-11-19-26)27-20-12-7-13-21-27/h5-14,16-21,23-24,28H,3-4,15,22H2,1-2H3/b23-14+. The van der Waals surface area contributed by atoms with Crippen molar-refractivity contribution in [2.45, 2.75) is 51.2 Å². The quantitative estimate of drug-likeness (QED) is 0.180. The summed E-state index contributed by atoms with van der Waals surface area (Å²) >= 11 is 2.31. The molecule has 0 N–H and O–H groups in total. The van der Waals surface area contributed by atoms with Crippen LogP contribution in [0.15, 0.2) is 101 Å². The second kappa shape index (κ2) is 12.2. The number of hydrogen-bond donors (Lipinski definition) is 0. The summed E-state index contributed by atoms with van der Waals surface area (Å²) in [4.78, 5) is 0. The Labute approximate surface area is 201 Å². The van der Waals surface area contributed by atoms with Crippen LogP contribution in [0.25, 0.3) is 0 Å². The van der Waals surface area contributed by atoms with Gasteiger partial charge in [-0.3, -0.25) is 0 Å². The first-order valence-corrected chi connectivity index (χ1v) is 12.6. The first-order valence-electron chi connectivity index (χ1n) is 11.3. The highest BCUT2D eigenvalue weighted by atomic mass is 127. The molecule has 31 heavy (non-hydrogen) atoms. The van der Waals surface area contributed by atoms with Gasteiger partial charge in [0.1, 0.15) is 5.60 Å². The summed E-state index contributed by atoms with van der Waals surface area (Å²) in [7, 11) is 0. The summed E-state index contributed by atoms with van der Waals surface area (Å²) in [6.07, 6.45) is 6.86. The van der Waals surface area contributed by atoms with E-state index in [0.717, 1.165) is 6.42 Å². The van der Waals surface area contributed by atoms with Crippen molar-refractivity contribution >= 4 is 22.6 Å². The normalized spacial score (nSPS) is 13.9. The van der Waals surface area contributed by atoms with Crippen LogP contribution < -0.4 is 0 Å². The minimum atomic E-state index is -0.659. The average Bonchev–Trinajstić information content (AvgIpc) is 2.84. The highest BCUT2D eigenvalue weighted by Gasteiger charge is 2.40. The third-order valence-corrected chi connectivity index (χ3v) is 6.48. The van der Waals surface area contributed by atoms with Crippen LogP contribution in [0.3, 0.4) is 0 Å². The van der Waals surface area contributed by atoms with E-state index < -0.39 is 5.60 Å². The van der Waals surface area contributed by atoms with E-state index in [1.165, 1.54) is 36.0 Å². The molecule has 2 unspecified atom stereocenters. The molecule has 2 heteroatoms. The lowest BCUT2D eigenvalue weighted by molar-refractivity contribution is -0.0713. The molecule has 3 aromatic rings. The third kappa shape index (κ3) is 5.87. The molecule has 3 aromatic carbocycles. The lowest BCUT2D eigenvalue weighted by Gasteiger charge is -2.40. The van der Waals surface area contributed by atoms with Crippen molar-refractivity contribution < 1.29 is 4.74 Å². The zero-order valence-electron chi connectivity index (χ0n) is 18.6. The second-order valence-electron chi connectivity index (χ2n) is 8.15. The number of unbranched alkanes of at least 4 members (excludes halogenated alkanes) is 1. The Kier molecular flexibility index (Phi) is 9.35. The zero-order chi connectivity index (χ0) is 21.9. The molecule has 1 nitrogen and oxygen atoms in total. The summed E-state index contributed by atoms with van der Waals surface area (Å²) in [5.74, 6) is 0.461. The van der Waals surface area contributed by atoms with Crippen LogP contribution in [-0.2, 0) is 10.3 Å². The molecule has 3 rings (SSSR count). The van der Waals surface area contributed by atoms with Crippen molar-refractivity contribution in [3.05, 3.63) is 118 Å². The monoisotopic (exact) mass is 524 g/mol. The number of halogens is 1. The van der Waals surface area contributed by atoms with Gasteiger partial charge in [0.05, 0.1) is 6.10 Å². The van der Waals surface area contributed by atoms with Gasteiger partial charge in [-0.2, -0.15) is 0 Å². The van der Waals surface area contributed by atoms with Crippen molar-refractivity contribution in [3.8, 4) is 0 Å². The molecule has 0 aliphatic heterocycles. The van der Waals surface area contributed by atoms with Crippen molar-refractivity contribution in [2.75, 3.05) is 0 Å². The largest absolute Gasteiger partial charge is 0.357 e. The highest BCUT2D eigenvalue weighted by molar-refractivity contribution is 14.1. The Balaban J connectivity index is 2.18. The van der Waals surface area contributed by atoms with Crippen LogP contribution in [-0.4, -0.2) is 6.10 Å². The van der Waals surface area contributed by atoms with Gasteiger partial charge in [0.25, 0.3) is 0 Å². The molecule has 0 fully saturated rings. The van der Waals surface area contributed by atoms with E-state index in [1.54, 1.807) is 0 Å². The second-order valence-corrected chi connectivity index (χ2v) is 8.87. The summed E-state index contributed by atoms with van der Waals surface area (Å²) < 4.78 is 9.41. The average molecular weight is 524 g/mol. The molecular weight excluding hydrogens is 491 g/mol. The lowest BCUT2D eigenvalue weighted by Crippen LogP contribution is -2.39.